The molecule has 0 saturated carbocycles. The van der Waals surface area contributed by atoms with Crippen molar-refractivity contribution in [2.75, 3.05) is 18.1 Å². The molecule has 1 unspecified atom stereocenters. The van der Waals surface area contributed by atoms with Gasteiger partial charge < -0.3 is 5.11 Å². The molecule has 1 aliphatic heterocycles. The highest BCUT2D eigenvalue weighted by molar-refractivity contribution is 9.10. The molecule has 1 saturated heterocycles. The summed E-state index contributed by atoms with van der Waals surface area (Å²) < 4.78 is 26.1. The number of carboxylic acid groups (broad SMARTS) is 1. The number of aryl methyl sites for hydroxylation is 2. The van der Waals surface area contributed by atoms with Crippen LogP contribution in [0.3, 0.4) is 0 Å². The highest BCUT2D eigenvalue weighted by Crippen LogP contribution is 2.24. The Balaban J connectivity index is 2.22. The minimum Gasteiger partial charge on any atom is -0.481 e. The third-order valence-electron chi connectivity index (χ3n) is 3.68. The molecule has 2 rings (SSSR count). The van der Waals surface area contributed by atoms with Gasteiger partial charge in [0.15, 0.2) is 9.84 Å². The zero-order chi connectivity index (χ0) is 15.8. The van der Waals surface area contributed by atoms with Gasteiger partial charge in [0.2, 0.25) is 0 Å². The van der Waals surface area contributed by atoms with Gasteiger partial charge in [-0.25, -0.2) is 8.42 Å². The molecule has 0 radical (unpaired) electrons. The van der Waals surface area contributed by atoms with Crippen molar-refractivity contribution in [3.63, 3.8) is 0 Å². The van der Waals surface area contributed by atoms with Crippen LogP contribution in [0.1, 0.15) is 17.8 Å². The molecular formula is C12H18BrN3O4S. The Kier molecular flexibility index (Phi) is 4.74. The number of aromatic nitrogens is 2. The van der Waals surface area contributed by atoms with Crippen molar-refractivity contribution in [2.45, 2.75) is 25.9 Å². The first kappa shape index (κ1) is 16.4. The third-order valence-corrected chi connectivity index (χ3v) is 6.41. The van der Waals surface area contributed by atoms with Gasteiger partial charge in [0, 0.05) is 26.2 Å². The first-order chi connectivity index (χ1) is 9.69. The van der Waals surface area contributed by atoms with Crippen molar-refractivity contribution in [1.82, 2.24) is 14.7 Å². The highest BCUT2D eigenvalue weighted by atomic mass is 79.9. The fraction of sp³-hybridized carbons (Fsp3) is 0.667. The van der Waals surface area contributed by atoms with E-state index in [9.17, 15) is 13.2 Å². The van der Waals surface area contributed by atoms with Gasteiger partial charge in [-0.2, -0.15) is 5.10 Å². The Labute approximate surface area is 132 Å². The van der Waals surface area contributed by atoms with E-state index in [1.165, 1.54) is 0 Å². The Morgan fingerprint density at radius 2 is 2.19 bits per heavy atom. The fourth-order valence-corrected chi connectivity index (χ4v) is 4.62. The van der Waals surface area contributed by atoms with Crippen LogP contribution in [-0.4, -0.2) is 58.3 Å². The molecule has 9 heteroatoms. The molecule has 0 spiro atoms. The van der Waals surface area contributed by atoms with Gasteiger partial charge in [0.25, 0.3) is 0 Å². The van der Waals surface area contributed by atoms with Crippen molar-refractivity contribution < 1.29 is 18.3 Å². The number of rotatable bonds is 4. The average molecular weight is 380 g/mol. The van der Waals surface area contributed by atoms with Crippen LogP contribution in [0.2, 0.25) is 0 Å². The predicted octanol–water partition coefficient (Wildman–Crippen LogP) is 0.565. The second-order valence-electron chi connectivity index (χ2n) is 5.31. The molecule has 7 nitrogen and oxygen atoms in total. The van der Waals surface area contributed by atoms with E-state index in [1.54, 1.807) is 4.68 Å². The van der Waals surface area contributed by atoms with Crippen LogP contribution in [0.4, 0.5) is 0 Å². The number of carboxylic acids is 1. The van der Waals surface area contributed by atoms with Crippen molar-refractivity contribution >= 4 is 31.7 Å². The minimum atomic E-state index is -3.16. The molecule has 0 aromatic carbocycles. The van der Waals surface area contributed by atoms with Crippen LogP contribution in [0.15, 0.2) is 4.47 Å². The quantitative estimate of drug-likeness (QED) is 0.821. The van der Waals surface area contributed by atoms with Crippen molar-refractivity contribution in [2.24, 2.45) is 7.05 Å². The molecule has 2 heterocycles. The molecule has 1 aromatic heterocycles. The van der Waals surface area contributed by atoms with Gasteiger partial charge in [-0.3, -0.25) is 14.4 Å². The molecule has 1 aromatic rings. The molecule has 0 aliphatic carbocycles. The fourth-order valence-electron chi connectivity index (χ4n) is 2.56. The normalized spacial score (nSPS) is 22.3. The van der Waals surface area contributed by atoms with Crippen molar-refractivity contribution in [3.8, 4) is 0 Å². The monoisotopic (exact) mass is 379 g/mol. The lowest BCUT2D eigenvalue weighted by Crippen LogP contribution is -2.49. The summed E-state index contributed by atoms with van der Waals surface area (Å²) in [6.07, 6.45) is -0.173. The summed E-state index contributed by atoms with van der Waals surface area (Å²) in [7, 11) is -1.34. The number of halogens is 1. The third kappa shape index (κ3) is 3.83. The first-order valence-corrected chi connectivity index (χ1v) is 9.15. The number of hydrogen-bond acceptors (Lipinski definition) is 5. The van der Waals surface area contributed by atoms with Crippen LogP contribution in [-0.2, 0) is 28.2 Å². The van der Waals surface area contributed by atoms with E-state index in [0.29, 0.717) is 13.1 Å². The molecular weight excluding hydrogens is 362 g/mol. The molecule has 1 N–H and O–H groups in total. The van der Waals surface area contributed by atoms with Gasteiger partial charge in [0.1, 0.15) is 0 Å². The summed E-state index contributed by atoms with van der Waals surface area (Å²) in [5.74, 6) is -1.02. The second kappa shape index (κ2) is 6.05. The molecule has 1 aliphatic rings. The van der Waals surface area contributed by atoms with E-state index in [0.717, 1.165) is 15.9 Å². The van der Waals surface area contributed by atoms with Crippen molar-refractivity contribution in [3.05, 3.63) is 15.9 Å². The molecule has 0 bridgehead atoms. The molecule has 1 fully saturated rings. The summed E-state index contributed by atoms with van der Waals surface area (Å²) in [4.78, 5) is 12.9. The Bertz CT molecular complexity index is 656. The Morgan fingerprint density at radius 1 is 1.52 bits per heavy atom. The lowest BCUT2D eigenvalue weighted by atomic mass is 10.2. The van der Waals surface area contributed by atoms with E-state index in [-0.39, 0.29) is 17.9 Å². The van der Waals surface area contributed by atoms with E-state index in [4.69, 9.17) is 5.11 Å². The van der Waals surface area contributed by atoms with Crippen LogP contribution >= 0.6 is 15.9 Å². The summed E-state index contributed by atoms with van der Waals surface area (Å²) in [5.41, 5.74) is 1.77. The van der Waals surface area contributed by atoms with Gasteiger partial charge >= 0.3 is 5.97 Å². The van der Waals surface area contributed by atoms with E-state index in [1.807, 2.05) is 18.9 Å². The average Bonchev–Trinajstić information content (AvgIpc) is 2.57. The van der Waals surface area contributed by atoms with E-state index in [2.05, 4.69) is 21.0 Å². The summed E-state index contributed by atoms with van der Waals surface area (Å²) in [6.45, 7) is 2.70. The van der Waals surface area contributed by atoms with Crippen molar-refractivity contribution in [1.29, 1.82) is 0 Å². The number of aliphatic carboxylic acids is 1. The highest BCUT2D eigenvalue weighted by Gasteiger charge is 2.33. The lowest BCUT2D eigenvalue weighted by molar-refractivity contribution is -0.138. The summed E-state index contributed by atoms with van der Waals surface area (Å²) in [5, 5.41) is 13.3. The maximum atomic E-state index is 11.7. The second-order valence-corrected chi connectivity index (χ2v) is 8.33. The molecule has 21 heavy (non-hydrogen) atoms. The SMILES string of the molecule is Cc1nn(C)c(CN2CCS(=O)(=O)CC2CC(=O)O)c1Br. The molecule has 118 valence electrons. The smallest absolute Gasteiger partial charge is 0.304 e. The number of carbonyl (C=O) groups is 1. The van der Waals surface area contributed by atoms with E-state index >= 15 is 0 Å². The van der Waals surface area contributed by atoms with Crippen LogP contribution in [0.5, 0.6) is 0 Å². The first-order valence-electron chi connectivity index (χ1n) is 6.54. The maximum absolute atomic E-state index is 11.7. The molecule has 0 amide bonds. The zero-order valence-corrected chi connectivity index (χ0v) is 14.3. The summed E-state index contributed by atoms with van der Waals surface area (Å²) in [6, 6.07) is -0.497. The van der Waals surface area contributed by atoms with Gasteiger partial charge in [0.05, 0.1) is 33.8 Å². The minimum absolute atomic E-state index is 0.0670. The standard InChI is InChI=1S/C12H18BrN3O4S/c1-8-12(13)10(15(2)14-8)6-16-3-4-21(19,20)7-9(16)5-11(17)18/h9H,3-7H2,1-2H3,(H,17,18). The maximum Gasteiger partial charge on any atom is 0.304 e. The number of sulfone groups is 1. The number of nitrogens with zero attached hydrogens (tertiary/aromatic N) is 3. The van der Waals surface area contributed by atoms with Crippen LogP contribution in [0.25, 0.3) is 0 Å². The Morgan fingerprint density at radius 3 is 2.71 bits per heavy atom. The topological polar surface area (TPSA) is 92.5 Å². The van der Waals surface area contributed by atoms with Crippen LogP contribution < -0.4 is 0 Å². The van der Waals surface area contributed by atoms with Gasteiger partial charge in [-0.15, -0.1) is 0 Å². The van der Waals surface area contributed by atoms with E-state index < -0.39 is 21.8 Å². The molecule has 1 atom stereocenters. The van der Waals surface area contributed by atoms with Crippen LogP contribution in [0, 0.1) is 6.92 Å². The number of hydrogen-bond donors (Lipinski definition) is 1. The largest absolute Gasteiger partial charge is 0.481 e. The van der Waals surface area contributed by atoms with Gasteiger partial charge in [-0.1, -0.05) is 0 Å². The predicted molar refractivity (Wildman–Crippen MR) is 80.7 cm³/mol. The Hall–Kier alpha value is -0.930. The zero-order valence-electron chi connectivity index (χ0n) is 11.9. The summed E-state index contributed by atoms with van der Waals surface area (Å²) >= 11 is 3.48. The van der Waals surface area contributed by atoms with Gasteiger partial charge in [-0.05, 0) is 22.9 Å². The lowest BCUT2D eigenvalue weighted by Gasteiger charge is -2.34.